The van der Waals surface area contributed by atoms with E-state index in [-0.39, 0.29) is 18.3 Å². The molecular formula is C18H34ClN3O. The van der Waals surface area contributed by atoms with Gasteiger partial charge in [-0.1, -0.05) is 19.8 Å². The van der Waals surface area contributed by atoms with Gasteiger partial charge in [0, 0.05) is 39.3 Å². The van der Waals surface area contributed by atoms with Crippen LogP contribution in [0, 0.1) is 17.8 Å². The molecule has 2 aliphatic heterocycles. The van der Waals surface area contributed by atoms with Gasteiger partial charge in [-0.15, -0.1) is 12.4 Å². The smallest absolute Gasteiger partial charge is 0.227 e. The topological polar surface area (TPSA) is 35.6 Å². The summed E-state index contributed by atoms with van der Waals surface area (Å²) in [7, 11) is 0. The highest BCUT2D eigenvalue weighted by molar-refractivity contribution is 5.85. The number of carbonyl (C=O) groups is 1. The minimum absolute atomic E-state index is 0. The predicted octanol–water partition coefficient (Wildman–Crippen LogP) is 2.38. The third kappa shape index (κ3) is 5.33. The van der Waals surface area contributed by atoms with Crippen molar-refractivity contribution in [2.24, 2.45) is 17.8 Å². The van der Waals surface area contributed by atoms with Gasteiger partial charge in [-0.05, 0) is 44.1 Å². The van der Waals surface area contributed by atoms with Gasteiger partial charge in [0.2, 0.25) is 5.91 Å². The number of nitrogens with zero attached hydrogens (tertiary/aromatic N) is 2. The van der Waals surface area contributed by atoms with Crippen LogP contribution in [0.3, 0.4) is 0 Å². The quantitative estimate of drug-likeness (QED) is 0.854. The van der Waals surface area contributed by atoms with E-state index in [1.54, 1.807) is 0 Å². The largest absolute Gasteiger partial charge is 0.340 e. The molecule has 3 aliphatic rings. The second-order valence-electron chi connectivity index (χ2n) is 7.81. The molecule has 0 spiro atoms. The van der Waals surface area contributed by atoms with Gasteiger partial charge < -0.3 is 15.1 Å². The highest BCUT2D eigenvalue weighted by atomic mass is 35.5. The van der Waals surface area contributed by atoms with Crippen molar-refractivity contribution in [1.29, 1.82) is 0 Å². The number of amides is 1. The minimum atomic E-state index is 0. The van der Waals surface area contributed by atoms with Crippen LogP contribution in [-0.4, -0.2) is 61.5 Å². The molecule has 3 fully saturated rings. The van der Waals surface area contributed by atoms with Crippen LogP contribution in [-0.2, 0) is 4.79 Å². The molecular weight excluding hydrogens is 310 g/mol. The molecule has 4 nitrogen and oxygen atoms in total. The van der Waals surface area contributed by atoms with Gasteiger partial charge in [-0.2, -0.15) is 0 Å². The van der Waals surface area contributed by atoms with Gasteiger partial charge in [-0.3, -0.25) is 4.79 Å². The third-order valence-electron chi connectivity index (χ3n) is 5.84. The lowest BCUT2D eigenvalue weighted by molar-refractivity contribution is -0.138. The molecule has 3 rings (SSSR count). The fourth-order valence-electron chi connectivity index (χ4n) is 4.66. The summed E-state index contributed by atoms with van der Waals surface area (Å²) in [6.45, 7) is 9.56. The van der Waals surface area contributed by atoms with Crippen LogP contribution in [0.5, 0.6) is 0 Å². The van der Waals surface area contributed by atoms with Crippen molar-refractivity contribution in [3.05, 3.63) is 0 Å². The molecule has 1 N–H and O–H groups in total. The Kier molecular flexibility index (Phi) is 7.64. The van der Waals surface area contributed by atoms with Crippen LogP contribution in [0.25, 0.3) is 0 Å². The van der Waals surface area contributed by atoms with Gasteiger partial charge in [-0.25, -0.2) is 0 Å². The van der Waals surface area contributed by atoms with Crippen LogP contribution >= 0.6 is 12.4 Å². The summed E-state index contributed by atoms with van der Waals surface area (Å²) < 4.78 is 0. The Morgan fingerprint density at radius 2 is 1.87 bits per heavy atom. The first kappa shape index (κ1) is 19.0. The van der Waals surface area contributed by atoms with Crippen molar-refractivity contribution in [3.63, 3.8) is 0 Å². The Morgan fingerprint density at radius 3 is 2.61 bits per heavy atom. The van der Waals surface area contributed by atoms with Crippen LogP contribution in [0.15, 0.2) is 0 Å². The Morgan fingerprint density at radius 1 is 1.09 bits per heavy atom. The third-order valence-corrected chi connectivity index (χ3v) is 5.84. The lowest BCUT2D eigenvalue weighted by atomic mass is 9.82. The molecule has 0 aromatic carbocycles. The van der Waals surface area contributed by atoms with E-state index in [1.165, 1.54) is 45.2 Å². The van der Waals surface area contributed by atoms with Crippen LogP contribution < -0.4 is 5.32 Å². The number of nitrogens with one attached hydrogen (secondary N) is 1. The van der Waals surface area contributed by atoms with Crippen molar-refractivity contribution in [3.8, 4) is 0 Å². The molecule has 3 atom stereocenters. The summed E-state index contributed by atoms with van der Waals surface area (Å²) in [4.78, 5) is 17.4. The number of piperidine rings is 1. The molecule has 0 bridgehead atoms. The van der Waals surface area contributed by atoms with Gasteiger partial charge >= 0.3 is 0 Å². The Labute approximate surface area is 147 Å². The maximum atomic E-state index is 12.7. The molecule has 3 unspecified atom stereocenters. The second kappa shape index (κ2) is 9.24. The zero-order valence-corrected chi connectivity index (χ0v) is 15.5. The zero-order chi connectivity index (χ0) is 15.4. The maximum Gasteiger partial charge on any atom is 0.227 e. The molecule has 1 amide bonds. The van der Waals surface area contributed by atoms with E-state index < -0.39 is 0 Å². The molecule has 5 heteroatoms. The molecule has 1 saturated carbocycles. The van der Waals surface area contributed by atoms with Crippen LogP contribution in [0.1, 0.15) is 45.4 Å². The molecule has 23 heavy (non-hydrogen) atoms. The van der Waals surface area contributed by atoms with Crippen molar-refractivity contribution in [2.45, 2.75) is 45.4 Å². The van der Waals surface area contributed by atoms with Crippen molar-refractivity contribution < 1.29 is 4.79 Å². The molecule has 0 aromatic rings. The van der Waals surface area contributed by atoms with E-state index >= 15 is 0 Å². The number of halogens is 1. The SMILES string of the molecule is CC1CCCC(CN2CCCC(C(=O)N3CCNCC3)C2)C1.Cl. The average molecular weight is 344 g/mol. The van der Waals surface area contributed by atoms with Gasteiger partial charge in [0.25, 0.3) is 0 Å². The lowest BCUT2D eigenvalue weighted by Crippen LogP contribution is -2.51. The maximum absolute atomic E-state index is 12.7. The van der Waals surface area contributed by atoms with E-state index in [1.807, 2.05) is 0 Å². The highest BCUT2D eigenvalue weighted by Gasteiger charge is 2.31. The molecule has 2 heterocycles. The van der Waals surface area contributed by atoms with Gasteiger partial charge in [0.1, 0.15) is 0 Å². The Bertz CT molecular complexity index is 373. The summed E-state index contributed by atoms with van der Waals surface area (Å²) >= 11 is 0. The molecule has 0 radical (unpaired) electrons. The first-order valence-corrected chi connectivity index (χ1v) is 9.44. The van der Waals surface area contributed by atoms with Gasteiger partial charge in [0.15, 0.2) is 0 Å². The first-order chi connectivity index (χ1) is 10.7. The molecule has 0 aromatic heterocycles. The highest BCUT2D eigenvalue weighted by Crippen LogP contribution is 2.30. The number of hydrogen-bond acceptors (Lipinski definition) is 3. The summed E-state index contributed by atoms with van der Waals surface area (Å²) in [6, 6.07) is 0. The summed E-state index contributed by atoms with van der Waals surface area (Å²) in [6.07, 6.45) is 7.92. The van der Waals surface area contributed by atoms with E-state index in [2.05, 4.69) is 22.0 Å². The summed E-state index contributed by atoms with van der Waals surface area (Å²) in [5, 5.41) is 3.34. The van der Waals surface area contributed by atoms with Crippen LogP contribution in [0.4, 0.5) is 0 Å². The first-order valence-electron chi connectivity index (χ1n) is 9.44. The van der Waals surface area contributed by atoms with E-state index in [0.29, 0.717) is 5.91 Å². The second-order valence-corrected chi connectivity index (χ2v) is 7.81. The van der Waals surface area contributed by atoms with E-state index in [9.17, 15) is 4.79 Å². The van der Waals surface area contributed by atoms with Crippen molar-refractivity contribution in [2.75, 3.05) is 45.8 Å². The number of likely N-dealkylation sites (tertiary alicyclic amines) is 1. The number of piperazine rings is 1. The fraction of sp³-hybridized carbons (Fsp3) is 0.944. The molecule has 134 valence electrons. The molecule has 1 aliphatic carbocycles. The van der Waals surface area contributed by atoms with E-state index in [4.69, 9.17) is 0 Å². The summed E-state index contributed by atoms with van der Waals surface area (Å²) in [5.74, 6) is 2.45. The van der Waals surface area contributed by atoms with Crippen LogP contribution in [0.2, 0.25) is 0 Å². The minimum Gasteiger partial charge on any atom is -0.340 e. The van der Waals surface area contributed by atoms with E-state index in [0.717, 1.165) is 51.0 Å². The number of carbonyl (C=O) groups excluding carboxylic acids is 1. The van der Waals surface area contributed by atoms with Crippen molar-refractivity contribution in [1.82, 2.24) is 15.1 Å². The predicted molar refractivity (Wildman–Crippen MR) is 97.0 cm³/mol. The summed E-state index contributed by atoms with van der Waals surface area (Å²) in [5.41, 5.74) is 0. The monoisotopic (exact) mass is 343 g/mol. The van der Waals surface area contributed by atoms with Crippen molar-refractivity contribution >= 4 is 18.3 Å². The zero-order valence-electron chi connectivity index (χ0n) is 14.6. The fourth-order valence-corrected chi connectivity index (χ4v) is 4.66. The number of rotatable bonds is 3. The lowest BCUT2D eigenvalue weighted by Gasteiger charge is -2.38. The Balaban J connectivity index is 0.00000192. The normalized spacial score (nSPS) is 33.1. The molecule has 2 saturated heterocycles. The number of hydrogen-bond donors (Lipinski definition) is 1. The standard InChI is InChI=1S/C18H33N3O.ClH/c1-15-4-2-5-16(12-15)13-20-9-3-6-17(14-20)18(22)21-10-7-19-8-11-21;/h15-17,19H,2-14H2,1H3;1H. The van der Waals surface area contributed by atoms with Gasteiger partial charge in [0.05, 0.1) is 5.92 Å². The average Bonchev–Trinajstić information content (AvgIpc) is 2.55. The Hall–Kier alpha value is -0.320.